The maximum atomic E-state index is 12.8. The van der Waals surface area contributed by atoms with Crippen molar-refractivity contribution in [3.8, 4) is 12.3 Å². The average molecular weight is 199 g/mol. The summed E-state index contributed by atoms with van der Waals surface area (Å²) >= 11 is 5.59. The third kappa shape index (κ3) is 2.73. The van der Waals surface area contributed by atoms with Crippen molar-refractivity contribution in [3.63, 3.8) is 0 Å². The summed E-state index contributed by atoms with van der Waals surface area (Å²) < 4.78 is 12.8. The van der Waals surface area contributed by atoms with Crippen molar-refractivity contribution >= 4 is 11.6 Å². The molecule has 0 saturated carbocycles. The van der Waals surface area contributed by atoms with Crippen LogP contribution < -0.4 is 0 Å². The Morgan fingerprint density at radius 1 is 1.54 bits per heavy atom. The molecular weight excluding hydrogens is 191 g/mol. The molecule has 0 radical (unpaired) electrons. The molecule has 0 heterocycles. The van der Waals surface area contributed by atoms with Crippen molar-refractivity contribution < 1.29 is 9.50 Å². The number of aliphatic hydroxyl groups excluding tert-OH is 1. The van der Waals surface area contributed by atoms with Gasteiger partial charge in [-0.2, -0.15) is 0 Å². The molecule has 1 aromatic carbocycles. The molecule has 1 N–H and O–H groups in total. The van der Waals surface area contributed by atoms with Gasteiger partial charge in [0.2, 0.25) is 0 Å². The molecule has 68 valence electrons. The monoisotopic (exact) mass is 198 g/mol. The summed E-state index contributed by atoms with van der Waals surface area (Å²) in [6.45, 7) is 0. The topological polar surface area (TPSA) is 20.2 Å². The molecule has 0 spiro atoms. The van der Waals surface area contributed by atoms with Gasteiger partial charge in [-0.25, -0.2) is 4.39 Å². The van der Waals surface area contributed by atoms with Crippen LogP contribution in [-0.4, -0.2) is 5.11 Å². The SMILES string of the molecule is C#CCC(O)c1cc(F)cc(Cl)c1. The fourth-order valence-corrected chi connectivity index (χ4v) is 1.23. The summed E-state index contributed by atoms with van der Waals surface area (Å²) in [5.74, 6) is 1.82. The molecule has 1 aromatic rings. The summed E-state index contributed by atoms with van der Waals surface area (Å²) in [7, 11) is 0. The van der Waals surface area contributed by atoms with E-state index in [9.17, 15) is 9.50 Å². The normalized spacial score (nSPS) is 12.2. The van der Waals surface area contributed by atoms with E-state index in [0.717, 1.165) is 0 Å². The fourth-order valence-electron chi connectivity index (χ4n) is 0.997. The van der Waals surface area contributed by atoms with Crippen LogP contribution >= 0.6 is 11.6 Å². The van der Waals surface area contributed by atoms with E-state index in [-0.39, 0.29) is 11.4 Å². The molecule has 0 aliphatic carbocycles. The van der Waals surface area contributed by atoms with Gasteiger partial charge < -0.3 is 5.11 Å². The zero-order valence-electron chi connectivity index (χ0n) is 6.80. The first kappa shape index (κ1) is 10.0. The van der Waals surface area contributed by atoms with Crippen LogP contribution in [0.5, 0.6) is 0 Å². The number of terminal acetylenes is 1. The van der Waals surface area contributed by atoms with E-state index in [1.807, 2.05) is 0 Å². The van der Waals surface area contributed by atoms with Gasteiger partial charge >= 0.3 is 0 Å². The van der Waals surface area contributed by atoms with Gasteiger partial charge in [0.15, 0.2) is 0 Å². The molecule has 1 rings (SSSR count). The van der Waals surface area contributed by atoms with Gasteiger partial charge in [0.25, 0.3) is 0 Å². The van der Waals surface area contributed by atoms with Crippen molar-refractivity contribution in [3.05, 3.63) is 34.6 Å². The van der Waals surface area contributed by atoms with E-state index < -0.39 is 11.9 Å². The number of aliphatic hydroxyl groups is 1. The lowest BCUT2D eigenvalue weighted by Crippen LogP contribution is -1.96. The molecule has 3 heteroatoms. The number of hydrogen-bond donors (Lipinski definition) is 1. The van der Waals surface area contributed by atoms with E-state index in [4.69, 9.17) is 18.0 Å². The van der Waals surface area contributed by atoms with Crippen LogP contribution in [0.15, 0.2) is 18.2 Å². The zero-order valence-corrected chi connectivity index (χ0v) is 7.55. The lowest BCUT2D eigenvalue weighted by Gasteiger charge is -2.07. The van der Waals surface area contributed by atoms with E-state index in [1.165, 1.54) is 18.2 Å². The van der Waals surface area contributed by atoms with Crippen LogP contribution in [0.4, 0.5) is 4.39 Å². The first-order valence-electron chi connectivity index (χ1n) is 3.71. The third-order valence-electron chi connectivity index (χ3n) is 1.58. The Morgan fingerprint density at radius 2 is 2.23 bits per heavy atom. The fraction of sp³-hybridized carbons (Fsp3) is 0.200. The highest BCUT2D eigenvalue weighted by atomic mass is 35.5. The van der Waals surface area contributed by atoms with Crippen LogP contribution in [0.25, 0.3) is 0 Å². The summed E-state index contributed by atoms with van der Waals surface area (Å²) in [6, 6.07) is 3.88. The summed E-state index contributed by atoms with van der Waals surface area (Å²) in [4.78, 5) is 0. The Kier molecular flexibility index (Phi) is 3.30. The lowest BCUT2D eigenvalue weighted by atomic mass is 10.1. The van der Waals surface area contributed by atoms with Gasteiger partial charge in [0, 0.05) is 11.4 Å². The first-order valence-corrected chi connectivity index (χ1v) is 4.09. The summed E-state index contributed by atoms with van der Waals surface area (Å²) in [5, 5.41) is 9.66. The first-order chi connectivity index (χ1) is 6.13. The molecule has 0 fully saturated rings. The van der Waals surface area contributed by atoms with Gasteiger partial charge in [0.05, 0.1) is 6.10 Å². The van der Waals surface area contributed by atoms with Gasteiger partial charge in [-0.15, -0.1) is 12.3 Å². The predicted octanol–water partition coefficient (Wildman–Crippen LogP) is 2.54. The standard InChI is InChI=1S/C10H8ClFO/c1-2-3-10(13)7-4-8(11)6-9(12)5-7/h1,4-6,10,13H,3H2. The second kappa shape index (κ2) is 4.27. The number of rotatable bonds is 2. The van der Waals surface area contributed by atoms with E-state index in [2.05, 4.69) is 5.92 Å². The molecule has 0 aliphatic heterocycles. The minimum atomic E-state index is -0.849. The summed E-state index contributed by atoms with van der Waals surface area (Å²) in [6.07, 6.45) is 4.31. The van der Waals surface area contributed by atoms with Crippen LogP contribution in [0.1, 0.15) is 18.1 Å². The Hall–Kier alpha value is -1.04. The number of hydrogen-bond acceptors (Lipinski definition) is 1. The largest absolute Gasteiger partial charge is 0.387 e. The molecule has 1 nitrogen and oxygen atoms in total. The van der Waals surface area contributed by atoms with Crippen molar-refractivity contribution in [2.24, 2.45) is 0 Å². The second-order valence-electron chi connectivity index (χ2n) is 2.63. The summed E-state index contributed by atoms with van der Waals surface area (Å²) in [5.41, 5.74) is 0.406. The van der Waals surface area contributed by atoms with Crippen molar-refractivity contribution in [2.45, 2.75) is 12.5 Å². The Morgan fingerprint density at radius 3 is 2.77 bits per heavy atom. The van der Waals surface area contributed by atoms with Crippen LogP contribution in [0.2, 0.25) is 5.02 Å². The predicted molar refractivity (Wildman–Crippen MR) is 49.8 cm³/mol. The number of halogens is 2. The highest BCUT2D eigenvalue weighted by Crippen LogP contribution is 2.21. The van der Waals surface area contributed by atoms with Crippen molar-refractivity contribution in [1.29, 1.82) is 0 Å². The van der Waals surface area contributed by atoms with Crippen LogP contribution in [0, 0.1) is 18.2 Å². The Labute approximate surface area is 81.2 Å². The van der Waals surface area contributed by atoms with E-state index in [1.54, 1.807) is 0 Å². The lowest BCUT2D eigenvalue weighted by molar-refractivity contribution is 0.183. The molecule has 0 aliphatic rings. The van der Waals surface area contributed by atoms with Gasteiger partial charge in [-0.05, 0) is 23.8 Å². The Bertz CT molecular complexity index is 323. The quantitative estimate of drug-likeness (QED) is 0.725. The molecule has 0 aromatic heterocycles. The van der Waals surface area contributed by atoms with Gasteiger partial charge in [0.1, 0.15) is 5.82 Å². The van der Waals surface area contributed by atoms with Gasteiger partial charge in [-0.1, -0.05) is 11.6 Å². The molecule has 13 heavy (non-hydrogen) atoms. The maximum Gasteiger partial charge on any atom is 0.125 e. The van der Waals surface area contributed by atoms with Crippen molar-refractivity contribution in [1.82, 2.24) is 0 Å². The van der Waals surface area contributed by atoms with Gasteiger partial charge in [-0.3, -0.25) is 0 Å². The molecular formula is C10H8ClFO. The minimum absolute atomic E-state index is 0.153. The average Bonchev–Trinajstić information content (AvgIpc) is 2.03. The Balaban J connectivity index is 2.95. The van der Waals surface area contributed by atoms with Crippen molar-refractivity contribution in [2.75, 3.05) is 0 Å². The second-order valence-corrected chi connectivity index (χ2v) is 3.06. The maximum absolute atomic E-state index is 12.8. The van der Waals surface area contributed by atoms with Crippen LogP contribution in [0.3, 0.4) is 0 Å². The molecule has 1 unspecified atom stereocenters. The smallest absolute Gasteiger partial charge is 0.125 e. The molecule has 0 amide bonds. The van der Waals surface area contributed by atoms with E-state index in [0.29, 0.717) is 5.56 Å². The highest BCUT2D eigenvalue weighted by Gasteiger charge is 2.07. The van der Waals surface area contributed by atoms with E-state index >= 15 is 0 Å². The highest BCUT2D eigenvalue weighted by molar-refractivity contribution is 6.30. The molecule has 1 atom stereocenters. The molecule has 0 saturated heterocycles. The zero-order chi connectivity index (χ0) is 9.84. The number of benzene rings is 1. The molecule has 0 bridgehead atoms. The third-order valence-corrected chi connectivity index (χ3v) is 1.80. The minimum Gasteiger partial charge on any atom is -0.387 e. The van der Waals surface area contributed by atoms with Crippen LogP contribution in [-0.2, 0) is 0 Å².